The number of hydrogen-bond acceptors (Lipinski definition) is 1. The van der Waals surface area contributed by atoms with Gasteiger partial charge in [-0.1, -0.05) is 68.2 Å². The second kappa shape index (κ2) is 6.21. The molecule has 0 aromatic heterocycles. The van der Waals surface area contributed by atoms with E-state index in [2.05, 4.69) is 32.9 Å². The first-order valence-corrected chi connectivity index (χ1v) is 7.60. The molecule has 0 saturated heterocycles. The molecule has 21 heavy (non-hydrogen) atoms. The first-order chi connectivity index (χ1) is 9.77. The minimum absolute atomic E-state index is 0.000162. The van der Waals surface area contributed by atoms with Crippen molar-refractivity contribution in [2.24, 2.45) is 0 Å². The number of rotatable bonds is 3. The van der Waals surface area contributed by atoms with Gasteiger partial charge < -0.3 is 0 Å². The summed E-state index contributed by atoms with van der Waals surface area (Å²) in [5.74, 6) is 0.000162. The van der Waals surface area contributed by atoms with Crippen LogP contribution in [0.2, 0.25) is 10.0 Å². The largest absolute Gasteiger partial charge is 0.294 e. The van der Waals surface area contributed by atoms with Gasteiger partial charge in [0, 0.05) is 17.0 Å². The summed E-state index contributed by atoms with van der Waals surface area (Å²) in [7, 11) is 0. The molecular weight excluding hydrogens is 303 g/mol. The maximum atomic E-state index is 12.3. The second-order valence-corrected chi connectivity index (χ2v) is 7.01. The molecule has 0 aliphatic rings. The van der Waals surface area contributed by atoms with Crippen LogP contribution in [0.15, 0.2) is 42.5 Å². The van der Waals surface area contributed by atoms with Gasteiger partial charge in [-0.15, -0.1) is 0 Å². The van der Waals surface area contributed by atoms with Gasteiger partial charge in [0.1, 0.15) is 0 Å². The third kappa shape index (κ3) is 4.09. The van der Waals surface area contributed by atoms with E-state index in [0.717, 1.165) is 5.56 Å². The molecule has 110 valence electrons. The van der Waals surface area contributed by atoms with Crippen molar-refractivity contribution < 1.29 is 4.79 Å². The zero-order valence-electron chi connectivity index (χ0n) is 12.4. The zero-order valence-corrected chi connectivity index (χ0v) is 13.9. The van der Waals surface area contributed by atoms with Crippen molar-refractivity contribution in [3.8, 4) is 0 Å². The Labute approximate surface area is 135 Å². The number of hydrogen-bond donors (Lipinski definition) is 0. The highest BCUT2D eigenvalue weighted by Crippen LogP contribution is 2.24. The summed E-state index contributed by atoms with van der Waals surface area (Å²) in [5.41, 5.74) is 2.87. The normalized spacial score (nSPS) is 11.5. The molecule has 0 radical (unpaired) electrons. The van der Waals surface area contributed by atoms with Crippen molar-refractivity contribution in [1.82, 2.24) is 0 Å². The first kappa shape index (κ1) is 16.1. The van der Waals surface area contributed by atoms with Crippen LogP contribution >= 0.6 is 23.2 Å². The van der Waals surface area contributed by atoms with Crippen LogP contribution in [-0.4, -0.2) is 5.78 Å². The Morgan fingerprint density at radius 1 is 1.00 bits per heavy atom. The quantitative estimate of drug-likeness (QED) is 0.661. The highest BCUT2D eigenvalue weighted by Gasteiger charge is 2.15. The number of carbonyl (C=O) groups is 1. The number of ketones is 1. The Bertz CT molecular complexity index is 652. The van der Waals surface area contributed by atoms with Crippen molar-refractivity contribution in [3.63, 3.8) is 0 Å². The minimum Gasteiger partial charge on any atom is -0.294 e. The average Bonchev–Trinajstić information content (AvgIpc) is 2.38. The third-order valence-corrected chi connectivity index (χ3v) is 3.96. The molecule has 2 aromatic rings. The molecule has 0 spiro atoms. The Morgan fingerprint density at radius 2 is 1.62 bits per heavy atom. The van der Waals surface area contributed by atoms with E-state index in [-0.39, 0.29) is 11.2 Å². The fourth-order valence-electron chi connectivity index (χ4n) is 2.12. The van der Waals surface area contributed by atoms with E-state index >= 15 is 0 Å². The van der Waals surface area contributed by atoms with E-state index in [9.17, 15) is 4.79 Å². The van der Waals surface area contributed by atoms with Crippen molar-refractivity contribution >= 4 is 29.0 Å². The van der Waals surface area contributed by atoms with E-state index in [1.54, 1.807) is 18.2 Å². The predicted octanol–water partition coefficient (Wildman–Crippen LogP) is 5.72. The maximum absolute atomic E-state index is 12.3. The van der Waals surface area contributed by atoms with E-state index < -0.39 is 0 Å². The van der Waals surface area contributed by atoms with Crippen LogP contribution < -0.4 is 0 Å². The molecule has 0 aliphatic carbocycles. The smallest absolute Gasteiger partial charge is 0.168 e. The molecule has 2 rings (SSSR count). The molecular formula is C18H18Cl2O. The van der Waals surface area contributed by atoms with Crippen LogP contribution in [-0.2, 0) is 11.8 Å². The molecule has 0 atom stereocenters. The van der Waals surface area contributed by atoms with E-state index in [1.807, 2.05) is 12.1 Å². The SMILES string of the molecule is CC(C)(C)c1ccc(CC(=O)c2ccc(Cl)cc2Cl)cc1. The number of Topliss-reactive ketones (excluding diaryl/α,β-unsaturated/α-hetero) is 1. The molecule has 0 fully saturated rings. The Hall–Kier alpha value is -1.31. The summed E-state index contributed by atoms with van der Waals surface area (Å²) in [5, 5.41) is 0.935. The molecule has 3 heteroatoms. The lowest BCUT2D eigenvalue weighted by Crippen LogP contribution is -2.11. The van der Waals surface area contributed by atoms with Gasteiger partial charge in [-0.25, -0.2) is 0 Å². The highest BCUT2D eigenvalue weighted by atomic mass is 35.5. The minimum atomic E-state index is 0.000162. The standard InChI is InChI=1S/C18H18Cl2O/c1-18(2,3)13-6-4-12(5-7-13)10-17(21)15-9-8-14(19)11-16(15)20/h4-9,11H,10H2,1-3H3. The van der Waals surface area contributed by atoms with Crippen LogP contribution in [0, 0.1) is 0 Å². The summed E-state index contributed by atoms with van der Waals surface area (Å²) in [6, 6.07) is 13.1. The van der Waals surface area contributed by atoms with Gasteiger partial charge in [0.05, 0.1) is 5.02 Å². The third-order valence-electron chi connectivity index (χ3n) is 3.42. The predicted molar refractivity (Wildman–Crippen MR) is 89.6 cm³/mol. The van der Waals surface area contributed by atoms with E-state index in [4.69, 9.17) is 23.2 Å². The van der Waals surface area contributed by atoms with Crippen LogP contribution in [0.1, 0.15) is 42.3 Å². The molecule has 1 nitrogen and oxygen atoms in total. The summed E-state index contributed by atoms with van der Waals surface area (Å²) >= 11 is 11.9. The molecule has 0 amide bonds. The Balaban J connectivity index is 2.16. The van der Waals surface area contributed by atoms with Gasteiger partial charge in [0.25, 0.3) is 0 Å². The van der Waals surface area contributed by atoms with Gasteiger partial charge in [-0.2, -0.15) is 0 Å². The second-order valence-electron chi connectivity index (χ2n) is 6.17. The highest BCUT2D eigenvalue weighted by molar-refractivity contribution is 6.36. The number of carbonyl (C=O) groups excluding carboxylic acids is 1. The fourth-order valence-corrected chi connectivity index (χ4v) is 2.63. The summed E-state index contributed by atoms with van der Waals surface area (Å²) < 4.78 is 0. The van der Waals surface area contributed by atoms with Gasteiger partial charge >= 0.3 is 0 Å². The monoisotopic (exact) mass is 320 g/mol. The van der Waals surface area contributed by atoms with Gasteiger partial charge in [0.2, 0.25) is 0 Å². The van der Waals surface area contributed by atoms with E-state index in [1.165, 1.54) is 5.56 Å². The van der Waals surface area contributed by atoms with Crippen molar-refractivity contribution in [2.75, 3.05) is 0 Å². The Kier molecular flexibility index (Phi) is 4.75. The summed E-state index contributed by atoms with van der Waals surface area (Å²) in [6.45, 7) is 6.50. The molecule has 2 aromatic carbocycles. The first-order valence-electron chi connectivity index (χ1n) is 6.85. The topological polar surface area (TPSA) is 17.1 Å². The maximum Gasteiger partial charge on any atom is 0.168 e. The lowest BCUT2D eigenvalue weighted by Gasteiger charge is -2.19. The molecule has 0 aliphatic heterocycles. The molecule has 0 bridgehead atoms. The lowest BCUT2D eigenvalue weighted by molar-refractivity contribution is 0.0993. The summed E-state index contributed by atoms with van der Waals surface area (Å²) in [6.07, 6.45) is 0.339. The molecule has 0 saturated carbocycles. The Morgan fingerprint density at radius 3 is 2.14 bits per heavy atom. The number of benzene rings is 2. The van der Waals surface area contributed by atoms with Crippen molar-refractivity contribution in [2.45, 2.75) is 32.6 Å². The summed E-state index contributed by atoms with van der Waals surface area (Å²) in [4.78, 5) is 12.3. The van der Waals surface area contributed by atoms with Crippen molar-refractivity contribution in [1.29, 1.82) is 0 Å². The van der Waals surface area contributed by atoms with Crippen LogP contribution in [0.5, 0.6) is 0 Å². The fraction of sp³-hybridized carbons (Fsp3) is 0.278. The van der Waals surface area contributed by atoms with Gasteiger partial charge in [0.15, 0.2) is 5.78 Å². The lowest BCUT2D eigenvalue weighted by atomic mass is 9.86. The molecule has 0 N–H and O–H groups in total. The number of halogens is 2. The van der Waals surface area contributed by atoms with Crippen LogP contribution in [0.4, 0.5) is 0 Å². The van der Waals surface area contributed by atoms with Gasteiger partial charge in [-0.05, 0) is 34.7 Å². The van der Waals surface area contributed by atoms with Crippen LogP contribution in [0.25, 0.3) is 0 Å². The zero-order chi connectivity index (χ0) is 15.6. The van der Waals surface area contributed by atoms with E-state index in [0.29, 0.717) is 22.0 Å². The van der Waals surface area contributed by atoms with Crippen molar-refractivity contribution in [3.05, 3.63) is 69.2 Å². The molecule has 0 unspecified atom stereocenters. The molecule has 0 heterocycles. The van der Waals surface area contributed by atoms with Crippen LogP contribution in [0.3, 0.4) is 0 Å². The average molecular weight is 321 g/mol. The van der Waals surface area contributed by atoms with Gasteiger partial charge in [-0.3, -0.25) is 4.79 Å².